The molecule has 2 aromatic heterocycles. The summed E-state index contributed by atoms with van der Waals surface area (Å²) in [5, 5.41) is 10.7. The van der Waals surface area contributed by atoms with Crippen LogP contribution >= 0.6 is 0 Å². The van der Waals surface area contributed by atoms with Crippen LogP contribution in [0.4, 0.5) is 23.7 Å². The van der Waals surface area contributed by atoms with Gasteiger partial charge in [-0.05, 0) is 49.9 Å². The smallest absolute Gasteiger partial charge is 0.431 e. The number of aromatic nitrogens is 3. The molecule has 12 heteroatoms. The number of hydrogen-bond acceptors (Lipinski definition) is 7. The van der Waals surface area contributed by atoms with E-state index in [0.29, 0.717) is 31.2 Å². The number of imidazole rings is 1. The first-order valence-corrected chi connectivity index (χ1v) is 9.75. The van der Waals surface area contributed by atoms with E-state index in [2.05, 4.69) is 9.97 Å². The Balaban J connectivity index is 1.39. The summed E-state index contributed by atoms with van der Waals surface area (Å²) >= 11 is 0. The zero-order valence-electron chi connectivity index (χ0n) is 16.5. The zero-order chi connectivity index (χ0) is 22.9. The molecular formula is C20H17F3N4O5. The highest BCUT2D eigenvalue weighted by Crippen LogP contribution is 2.38. The number of benzene rings is 1. The first-order valence-electron chi connectivity index (χ1n) is 9.75. The lowest BCUT2D eigenvalue weighted by Crippen LogP contribution is -2.28. The largest absolute Gasteiger partial charge is 0.514 e. The molecule has 4 rings (SSSR count). The predicted molar refractivity (Wildman–Crippen MR) is 104 cm³/mol. The van der Waals surface area contributed by atoms with Gasteiger partial charge in [-0.3, -0.25) is 10.1 Å². The second-order valence-corrected chi connectivity index (χ2v) is 7.30. The van der Waals surface area contributed by atoms with Crippen LogP contribution in [0.15, 0.2) is 42.6 Å². The van der Waals surface area contributed by atoms with Gasteiger partial charge in [0.25, 0.3) is 5.69 Å². The Bertz CT molecular complexity index is 1140. The maximum Gasteiger partial charge on any atom is 0.514 e. The molecule has 0 radical (unpaired) electrons. The van der Waals surface area contributed by atoms with Gasteiger partial charge in [-0.2, -0.15) is 13.2 Å². The molecule has 1 aliphatic carbocycles. The molecule has 0 N–H and O–H groups in total. The fourth-order valence-electron chi connectivity index (χ4n) is 3.81. The number of carbonyl (C=O) groups excluding carboxylic acids is 1. The molecular weight excluding hydrogens is 433 g/mol. The van der Waals surface area contributed by atoms with Crippen molar-refractivity contribution in [2.75, 3.05) is 0 Å². The number of pyridine rings is 1. The topological polar surface area (TPSA) is 109 Å². The molecule has 0 saturated heterocycles. The van der Waals surface area contributed by atoms with Crippen molar-refractivity contribution in [3.8, 4) is 5.75 Å². The number of non-ortho nitro benzene ring substituents is 1. The molecule has 0 bridgehead atoms. The van der Waals surface area contributed by atoms with E-state index in [1.54, 1.807) is 12.1 Å². The highest BCUT2D eigenvalue weighted by atomic mass is 19.4. The molecule has 2 heterocycles. The molecule has 0 aliphatic heterocycles. The third-order valence-corrected chi connectivity index (χ3v) is 5.24. The van der Waals surface area contributed by atoms with Crippen molar-refractivity contribution in [3.05, 3.63) is 58.5 Å². The average molecular weight is 450 g/mol. The summed E-state index contributed by atoms with van der Waals surface area (Å²) < 4.78 is 52.1. The number of carbonyl (C=O) groups is 1. The zero-order valence-corrected chi connectivity index (χ0v) is 16.5. The van der Waals surface area contributed by atoms with Gasteiger partial charge < -0.3 is 14.0 Å². The average Bonchev–Trinajstić information content (AvgIpc) is 3.15. The molecule has 9 nitrogen and oxygen atoms in total. The predicted octanol–water partition coefficient (Wildman–Crippen LogP) is 5.06. The van der Waals surface area contributed by atoms with Crippen LogP contribution < -0.4 is 4.74 Å². The van der Waals surface area contributed by atoms with Crippen molar-refractivity contribution in [2.45, 2.75) is 44.0 Å². The van der Waals surface area contributed by atoms with Crippen LogP contribution in [-0.4, -0.2) is 31.7 Å². The molecule has 3 aromatic rings. The summed E-state index contributed by atoms with van der Waals surface area (Å²) in [6, 6.07) is 7.57. The number of halogens is 3. The van der Waals surface area contributed by atoms with Crippen LogP contribution in [0, 0.1) is 10.1 Å². The number of ether oxygens (including phenoxy) is 2. The quantitative estimate of drug-likeness (QED) is 0.237. The Hall–Kier alpha value is -3.70. The second-order valence-electron chi connectivity index (χ2n) is 7.30. The molecule has 0 atom stereocenters. The lowest BCUT2D eigenvalue weighted by molar-refractivity contribution is -0.384. The van der Waals surface area contributed by atoms with Gasteiger partial charge >= 0.3 is 12.3 Å². The van der Waals surface area contributed by atoms with E-state index in [0.717, 1.165) is 0 Å². The fraction of sp³-hybridized carbons (Fsp3) is 0.350. The van der Waals surface area contributed by atoms with Crippen molar-refractivity contribution < 1.29 is 32.4 Å². The first kappa shape index (κ1) is 21.5. The van der Waals surface area contributed by atoms with Gasteiger partial charge in [0.2, 0.25) is 5.82 Å². The van der Waals surface area contributed by atoms with E-state index < -0.39 is 35.2 Å². The molecule has 0 unspecified atom stereocenters. The molecule has 1 fully saturated rings. The Morgan fingerprint density at radius 3 is 2.44 bits per heavy atom. The lowest BCUT2D eigenvalue weighted by Gasteiger charge is -2.30. The SMILES string of the molecule is O=C(Oc1ccc([N+](=O)[O-])cc1)OC1CCC(n2c(C(F)(F)F)nc3ncccc32)CC1. The Labute approximate surface area is 178 Å². The summed E-state index contributed by atoms with van der Waals surface area (Å²) in [4.78, 5) is 29.7. The molecule has 0 amide bonds. The van der Waals surface area contributed by atoms with Gasteiger partial charge in [0.05, 0.1) is 10.4 Å². The van der Waals surface area contributed by atoms with E-state index in [1.165, 1.54) is 35.0 Å². The van der Waals surface area contributed by atoms with Gasteiger partial charge in [-0.25, -0.2) is 14.8 Å². The molecule has 1 aliphatic rings. The van der Waals surface area contributed by atoms with Crippen molar-refractivity contribution in [3.63, 3.8) is 0 Å². The fourth-order valence-corrected chi connectivity index (χ4v) is 3.81. The highest BCUT2D eigenvalue weighted by Gasteiger charge is 2.40. The lowest BCUT2D eigenvalue weighted by atomic mass is 9.92. The van der Waals surface area contributed by atoms with Crippen LogP contribution in [0.5, 0.6) is 5.75 Å². The van der Waals surface area contributed by atoms with Crippen LogP contribution in [0.2, 0.25) is 0 Å². The minimum Gasteiger partial charge on any atom is -0.431 e. The van der Waals surface area contributed by atoms with Crippen LogP contribution in [0.3, 0.4) is 0 Å². The van der Waals surface area contributed by atoms with Crippen LogP contribution in [0.1, 0.15) is 37.5 Å². The molecule has 168 valence electrons. The van der Waals surface area contributed by atoms with E-state index in [9.17, 15) is 28.1 Å². The molecule has 0 spiro atoms. The Kier molecular flexibility index (Phi) is 5.68. The summed E-state index contributed by atoms with van der Waals surface area (Å²) in [6.45, 7) is 0. The van der Waals surface area contributed by atoms with Crippen LogP contribution in [-0.2, 0) is 10.9 Å². The number of nitro groups is 1. The van der Waals surface area contributed by atoms with Gasteiger partial charge in [-0.1, -0.05) is 0 Å². The Morgan fingerprint density at radius 2 is 1.81 bits per heavy atom. The van der Waals surface area contributed by atoms with E-state index in [1.807, 2.05) is 0 Å². The number of rotatable bonds is 4. The molecule has 1 saturated carbocycles. The summed E-state index contributed by atoms with van der Waals surface area (Å²) in [5.74, 6) is -0.908. The third kappa shape index (κ3) is 4.48. The number of nitrogens with zero attached hydrogens (tertiary/aromatic N) is 4. The third-order valence-electron chi connectivity index (χ3n) is 5.24. The molecule has 32 heavy (non-hydrogen) atoms. The second kappa shape index (κ2) is 8.44. The van der Waals surface area contributed by atoms with Crippen molar-refractivity contribution in [1.29, 1.82) is 0 Å². The maximum absolute atomic E-state index is 13.5. The maximum atomic E-state index is 13.5. The van der Waals surface area contributed by atoms with Crippen molar-refractivity contribution >= 4 is 23.0 Å². The van der Waals surface area contributed by atoms with Crippen LogP contribution in [0.25, 0.3) is 11.2 Å². The first-order chi connectivity index (χ1) is 15.2. The number of hydrogen-bond donors (Lipinski definition) is 0. The van der Waals surface area contributed by atoms with E-state index >= 15 is 0 Å². The summed E-state index contributed by atoms with van der Waals surface area (Å²) in [7, 11) is 0. The number of nitro benzene ring substituents is 1. The minimum atomic E-state index is -4.62. The van der Waals surface area contributed by atoms with Gasteiger partial charge in [0, 0.05) is 24.4 Å². The van der Waals surface area contributed by atoms with Gasteiger partial charge in [-0.15, -0.1) is 0 Å². The number of fused-ring (bicyclic) bond motifs is 1. The minimum absolute atomic E-state index is 0.0323. The van der Waals surface area contributed by atoms with Gasteiger partial charge in [0.15, 0.2) is 5.65 Å². The summed E-state index contributed by atoms with van der Waals surface area (Å²) in [6.07, 6.45) is -3.34. The normalized spacial score (nSPS) is 19.0. The summed E-state index contributed by atoms with van der Waals surface area (Å²) in [5.41, 5.74) is 0.191. The molecule has 1 aromatic carbocycles. The Morgan fingerprint density at radius 1 is 1.12 bits per heavy atom. The van der Waals surface area contributed by atoms with E-state index in [-0.39, 0.29) is 17.1 Å². The number of alkyl halides is 3. The van der Waals surface area contributed by atoms with E-state index in [4.69, 9.17) is 9.47 Å². The highest BCUT2D eigenvalue weighted by molar-refractivity contribution is 5.71. The van der Waals surface area contributed by atoms with Gasteiger partial charge in [0.1, 0.15) is 11.9 Å². The van der Waals surface area contributed by atoms with Crippen molar-refractivity contribution in [1.82, 2.24) is 14.5 Å². The monoisotopic (exact) mass is 450 g/mol. The standard InChI is InChI=1S/C20H17F3N4O5/c21-20(22,23)18-25-17-16(2-1-11-24-17)26(18)12-3-7-14(8-4-12)31-19(28)32-15-9-5-13(6-10-15)27(29)30/h1-2,5-6,9-12,14H,3-4,7-8H2. The van der Waals surface area contributed by atoms with Crippen molar-refractivity contribution in [2.24, 2.45) is 0 Å².